The van der Waals surface area contributed by atoms with Gasteiger partial charge in [0.1, 0.15) is 6.04 Å². The van der Waals surface area contributed by atoms with Crippen molar-refractivity contribution in [2.75, 3.05) is 13.1 Å². The molecule has 3 aliphatic heterocycles. The molecule has 3 fully saturated rings. The van der Waals surface area contributed by atoms with Gasteiger partial charge in [0.2, 0.25) is 11.8 Å². The monoisotopic (exact) mass is 304 g/mol. The molecule has 4 aliphatic rings. The number of likely N-dealkylation sites (tertiary alicyclic amines) is 1. The van der Waals surface area contributed by atoms with Gasteiger partial charge in [0.05, 0.1) is 12.2 Å². The zero-order valence-corrected chi connectivity index (χ0v) is 13.0. The lowest BCUT2D eigenvalue weighted by atomic mass is 9.80. The van der Waals surface area contributed by atoms with Crippen molar-refractivity contribution in [3.63, 3.8) is 0 Å². The van der Waals surface area contributed by atoms with E-state index in [1.165, 1.54) is 26.2 Å². The average molecular weight is 304 g/mol. The number of fused-ring (bicyclic) bond motifs is 5. The van der Waals surface area contributed by atoms with E-state index in [1.807, 2.05) is 4.90 Å². The minimum Gasteiger partial charge on any atom is -0.366 e. The molecule has 1 aliphatic carbocycles. The third-order valence-electron chi connectivity index (χ3n) is 5.84. The van der Waals surface area contributed by atoms with Crippen molar-refractivity contribution in [1.29, 1.82) is 0 Å². The van der Waals surface area contributed by atoms with E-state index in [-0.39, 0.29) is 30.1 Å². The largest absolute Gasteiger partial charge is 0.366 e. The second-order valence-electron chi connectivity index (χ2n) is 7.31. The molecule has 0 aromatic rings. The maximum atomic E-state index is 12.9. The van der Waals surface area contributed by atoms with Crippen LogP contribution in [0.4, 0.5) is 0 Å². The number of ether oxygens (including phenoxy) is 1. The Kier molecular flexibility index (Phi) is 3.48. The maximum absolute atomic E-state index is 12.9. The molecule has 2 amide bonds. The van der Waals surface area contributed by atoms with Gasteiger partial charge in [0.25, 0.3) is 0 Å². The molecule has 0 radical (unpaired) electrons. The van der Waals surface area contributed by atoms with Gasteiger partial charge in [-0.25, -0.2) is 0 Å². The highest BCUT2D eigenvalue weighted by molar-refractivity contribution is 5.87. The number of hydrogen-bond acceptors (Lipinski definition) is 3. The number of carbonyl (C=O) groups is 2. The van der Waals surface area contributed by atoms with Crippen LogP contribution >= 0.6 is 0 Å². The topological polar surface area (TPSA) is 58.6 Å². The summed E-state index contributed by atoms with van der Waals surface area (Å²) in [6.07, 6.45) is 9.10. The van der Waals surface area contributed by atoms with Gasteiger partial charge in [-0.15, -0.1) is 0 Å². The first-order valence-electron chi connectivity index (χ1n) is 8.51. The van der Waals surface area contributed by atoms with Crippen LogP contribution in [0.2, 0.25) is 0 Å². The predicted octanol–water partition coefficient (Wildman–Crippen LogP) is 1.09. The normalized spacial score (nSPS) is 37.0. The van der Waals surface area contributed by atoms with Crippen molar-refractivity contribution < 1.29 is 14.3 Å². The Hall–Kier alpha value is -1.36. The van der Waals surface area contributed by atoms with Gasteiger partial charge in [-0.1, -0.05) is 31.4 Å². The molecule has 0 spiro atoms. The molecular formula is C17H24N2O3. The molecule has 5 heteroatoms. The van der Waals surface area contributed by atoms with Gasteiger partial charge in [-0.2, -0.15) is 0 Å². The zero-order chi connectivity index (χ0) is 15.3. The third-order valence-corrected chi connectivity index (χ3v) is 5.84. The molecule has 5 atom stereocenters. The fourth-order valence-corrected chi connectivity index (χ4v) is 4.46. The molecule has 4 unspecified atom stereocenters. The van der Waals surface area contributed by atoms with E-state index >= 15 is 0 Å². The van der Waals surface area contributed by atoms with Crippen LogP contribution < -0.4 is 5.32 Å². The van der Waals surface area contributed by atoms with E-state index in [0.29, 0.717) is 17.8 Å². The molecule has 120 valence electrons. The smallest absolute Gasteiger partial charge is 0.245 e. The third kappa shape index (κ3) is 2.35. The molecule has 1 saturated carbocycles. The van der Waals surface area contributed by atoms with Gasteiger partial charge in [-0.05, 0) is 12.3 Å². The highest BCUT2D eigenvalue weighted by Gasteiger charge is 2.52. The minimum absolute atomic E-state index is 0.107. The summed E-state index contributed by atoms with van der Waals surface area (Å²) in [5, 5.41) is 2.88. The lowest BCUT2D eigenvalue weighted by Crippen LogP contribution is -2.49. The number of hydrogen-bond donors (Lipinski definition) is 1. The quantitative estimate of drug-likeness (QED) is 0.791. The number of carbonyl (C=O) groups excluding carboxylic acids is 2. The van der Waals surface area contributed by atoms with Gasteiger partial charge in [0, 0.05) is 31.8 Å². The summed E-state index contributed by atoms with van der Waals surface area (Å²) in [5.41, 5.74) is 0. The van der Waals surface area contributed by atoms with Crippen molar-refractivity contribution in [3.05, 3.63) is 12.2 Å². The van der Waals surface area contributed by atoms with Gasteiger partial charge < -0.3 is 15.0 Å². The molecule has 5 nitrogen and oxygen atoms in total. The Bertz CT molecular complexity index is 494. The lowest BCUT2D eigenvalue weighted by molar-refractivity contribution is -0.136. The second-order valence-corrected chi connectivity index (χ2v) is 7.31. The summed E-state index contributed by atoms with van der Waals surface area (Å²) in [5.74, 6) is 1.49. The Morgan fingerprint density at radius 2 is 1.86 bits per heavy atom. The van der Waals surface area contributed by atoms with Crippen molar-refractivity contribution in [1.82, 2.24) is 10.2 Å². The predicted molar refractivity (Wildman–Crippen MR) is 80.9 cm³/mol. The van der Waals surface area contributed by atoms with E-state index < -0.39 is 0 Å². The highest BCUT2D eigenvalue weighted by Crippen LogP contribution is 2.43. The van der Waals surface area contributed by atoms with Crippen LogP contribution in [0.1, 0.15) is 32.6 Å². The molecule has 4 rings (SSSR count). The van der Waals surface area contributed by atoms with Crippen molar-refractivity contribution in [2.24, 2.45) is 17.8 Å². The standard InChI is InChI=1S/C17H24N2O3/c1-10(20)18-14(7-11-3-2-4-11)17(21)19-8-12-13(9-19)16-6-5-15(12)22-16/h5-6,11-16H,2-4,7-9H2,1H3,(H,18,20)/t12?,13?,14-,15?,16?/m1/s1. The summed E-state index contributed by atoms with van der Waals surface area (Å²) in [6.45, 7) is 3.04. The molecule has 2 saturated heterocycles. The molecule has 2 bridgehead atoms. The maximum Gasteiger partial charge on any atom is 0.245 e. The Balaban J connectivity index is 1.42. The first-order chi connectivity index (χ1) is 10.6. The van der Waals surface area contributed by atoms with E-state index in [0.717, 1.165) is 19.5 Å². The first-order valence-corrected chi connectivity index (χ1v) is 8.51. The Morgan fingerprint density at radius 1 is 1.23 bits per heavy atom. The van der Waals surface area contributed by atoms with Crippen LogP contribution in [-0.4, -0.2) is 48.1 Å². The summed E-state index contributed by atoms with van der Waals surface area (Å²) in [7, 11) is 0. The summed E-state index contributed by atoms with van der Waals surface area (Å²) < 4.78 is 5.86. The fraction of sp³-hybridized carbons (Fsp3) is 0.765. The number of nitrogens with one attached hydrogen (secondary N) is 1. The van der Waals surface area contributed by atoms with Gasteiger partial charge in [0.15, 0.2) is 0 Å². The number of amides is 2. The van der Waals surface area contributed by atoms with Crippen molar-refractivity contribution in [3.8, 4) is 0 Å². The van der Waals surface area contributed by atoms with E-state index in [2.05, 4.69) is 17.5 Å². The average Bonchev–Trinajstić information content (AvgIpc) is 3.10. The Morgan fingerprint density at radius 3 is 2.36 bits per heavy atom. The van der Waals surface area contributed by atoms with Crippen molar-refractivity contribution >= 4 is 11.8 Å². The molecular weight excluding hydrogens is 280 g/mol. The van der Waals surface area contributed by atoms with E-state index in [9.17, 15) is 9.59 Å². The molecule has 1 N–H and O–H groups in total. The van der Waals surface area contributed by atoms with Crippen LogP contribution in [0.15, 0.2) is 12.2 Å². The SMILES string of the molecule is CC(=O)N[C@H](CC1CCC1)C(=O)N1CC2C3C=CC(O3)C2C1. The van der Waals surface area contributed by atoms with Crippen LogP contribution in [0.25, 0.3) is 0 Å². The molecule has 0 aromatic carbocycles. The lowest BCUT2D eigenvalue weighted by Gasteiger charge is -2.31. The molecule has 3 heterocycles. The van der Waals surface area contributed by atoms with Crippen LogP contribution in [0, 0.1) is 17.8 Å². The van der Waals surface area contributed by atoms with Crippen LogP contribution in [0.3, 0.4) is 0 Å². The first kappa shape index (κ1) is 14.2. The zero-order valence-electron chi connectivity index (χ0n) is 13.0. The fourth-order valence-electron chi connectivity index (χ4n) is 4.46. The number of nitrogens with zero attached hydrogens (tertiary/aromatic N) is 1. The van der Waals surface area contributed by atoms with Crippen molar-refractivity contribution in [2.45, 2.75) is 50.9 Å². The summed E-state index contributed by atoms with van der Waals surface area (Å²) >= 11 is 0. The van der Waals surface area contributed by atoms with Gasteiger partial charge in [-0.3, -0.25) is 9.59 Å². The second kappa shape index (κ2) is 5.37. The van der Waals surface area contributed by atoms with E-state index in [1.54, 1.807) is 0 Å². The van der Waals surface area contributed by atoms with E-state index in [4.69, 9.17) is 4.74 Å². The van der Waals surface area contributed by atoms with Gasteiger partial charge >= 0.3 is 0 Å². The van der Waals surface area contributed by atoms with Crippen LogP contribution in [0.5, 0.6) is 0 Å². The highest BCUT2D eigenvalue weighted by atomic mass is 16.5. The summed E-state index contributed by atoms with van der Waals surface area (Å²) in [6, 6.07) is -0.340. The summed E-state index contributed by atoms with van der Waals surface area (Å²) in [4.78, 5) is 26.3. The Labute approximate surface area is 131 Å². The molecule has 22 heavy (non-hydrogen) atoms. The minimum atomic E-state index is -0.340. The number of rotatable bonds is 4. The van der Waals surface area contributed by atoms with Crippen LogP contribution in [-0.2, 0) is 14.3 Å². The molecule has 0 aromatic heterocycles.